The van der Waals surface area contributed by atoms with Crippen molar-refractivity contribution in [3.63, 3.8) is 0 Å². The maximum Gasteiger partial charge on any atom is 0.230 e. The Morgan fingerprint density at radius 2 is 2.13 bits per heavy atom. The lowest BCUT2D eigenvalue weighted by atomic mass is 10.1. The minimum absolute atomic E-state index is 0.0317. The molecular weight excluding hydrogens is 306 g/mol. The van der Waals surface area contributed by atoms with Gasteiger partial charge in [-0.1, -0.05) is 30.3 Å². The van der Waals surface area contributed by atoms with Crippen molar-refractivity contribution < 1.29 is 4.79 Å². The number of pyridine rings is 1. The van der Waals surface area contributed by atoms with Crippen molar-refractivity contribution in [2.45, 2.75) is 45.2 Å². The molecule has 1 aromatic heterocycles. The first-order valence-corrected chi connectivity index (χ1v) is 8.67. The average Bonchev–Trinajstić information content (AvgIpc) is 2.51. The van der Waals surface area contributed by atoms with Crippen LogP contribution in [-0.4, -0.2) is 22.7 Å². The van der Waals surface area contributed by atoms with Gasteiger partial charge in [-0.05, 0) is 44.9 Å². The minimum Gasteiger partial charge on any atom is -0.353 e. The van der Waals surface area contributed by atoms with E-state index in [1.807, 2.05) is 39.8 Å². The number of carbonyl (C=O) groups excluding carboxylic acids is 1. The van der Waals surface area contributed by atoms with E-state index >= 15 is 0 Å². The molecule has 0 spiro atoms. The summed E-state index contributed by atoms with van der Waals surface area (Å²) in [6.07, 6.45) is 0.895. The molecule has 0 aliphatic rings. The van der Waals surface area contributed by atoms with E-state index in [1.165, 1.54) is 11.8 Å². The molecule has 1 heterocycles. The van der Waals surface area contributed by atoms with Crippen LogP contribution in [-0.2, 0) is 4.79 Å². The zero-order chi connectivity index (χ0) is 17.0. The molecule has 1 atom stereocenters. The molecular formula is C18H21N3OS. The van der Waals surface area contributed by atoms with Crippen molar-refractivity contribution in [2.24, 2.45) is 0 Å². The van der Waals surface area contributed by atoms with Crippen molar-refractivity contribution in [1.82, 2.24) is 10.3 Å². The fourth-order valence-electron chi connectivity index (χ4n) is 2.38. The first kappa shape index (κ1) is 17.3. The fraction of sp³-hybridized carbons (Fsp3) is 0.389. The molecule has 2 aromatic rings. The van der Waals surface area contributed by atoms with Gasteiger partial charge in [0.05, 0.1) is 16.8 Å². The smallest absolute Gasteiger partial charge is 0.230 e. The van der Waals surface area contributed by atoms with Crippen LogP contribution in [0.4, 0.5) is 0 Å². The van der Waals surface area contributed by atoms with Crippen LogP contribution < -0.4 is 5.32 Å². The molecule has 1 amide bonds. The van der Waals surface area contributed by atoms with Crippen LogP contribution in [0.2, 0.25) is 0 Å². The number of nitriles is 1. The van der Waals surface area contributed by atoms with Gasteiger partial charge in [-0.15, -0.1) is 0 Å². The fourth-order valence-corrected chi connectivity index (χ4v) is 3.14. The molecule has 5 heteroatoms. The second kappa shape index (κ2) is 7.47. The summed E-state index contributed by atoms with van der Waals surface area (Å²) >= 11 is 1.31. The first-order chi connectivity index (χ1) is 10.9. The van der Waals surface area contributed by atoms with Gasteiger partial charge in [0.2, 0.25) is 5.91 Å². The number of benzene rings is 1. The minimum atomic E-state index is -0.0317. The van der Waals surface area contributed by atoms with Gasteiger partial charge in [-0.25, -0.2) is 4.98 Å². The highest BCUT2D eigenvalue weighted by Crippen LogP contribution is 2.27. The van der Waals surface area contributed by atoms with Crippen LogP contribution in [0.1, 0.15) is 37.0 Å². The van der Waals surface area contributed by atoms with Gasteiger partial charge in [0.25, 0.3) is 0 Å². The molecule has 0 unspecified atom stereocenters. The zero-order valence-corrected chi connectivity index (χ0v) is 14.8. The van der Waals surface area contributed by atoms with Crippen molar-refractivity contribution in [3.05, 3.63) is 34.9 Å². The van der Waals surface area contributed by atoms with Crippen molar-refractivity contribution in [2.75, 3.05) is 5.75 Å². The first-order valence-electron chi connectivity index (χ1n) is 7.68. The molecule has 0 bridgehead atoms. The molecule has 4 nitrogen and oxygen atoms in total. The lowest BCUT2D eigenvalue weighted by Crippen LogP contribution is -2.33. The number of thioether (sulfide) groups is 1. The Labute approximate surface area is 141 Å². The number of rotatable bonds is 5. The molecule has 0 radical (unpaired) electrons. The van der Waals surface area contributed by atoms with Gasteiger partial charge >= 0.3 is 0 Å². The van der Waals surface area contributed by atoms with Crippen LogP contribution in [0, 0.1) is 25.2 Å². The van der Waals surface area contributed by atoms with E-state index < -0.39 is 0 Å². The van der Waals surface area contributed by atoms with E-state index in [-0.39, 0.29) is 17.7 Å². The highest BCUT2D eigenvalue weighted by atomic mass is 32.2. The van der Waals surface area contributed by atoms with Gasteiger partial charge in [-0.2, -0.15) is 5.26 Å². The molecule has 23 heavy (non-hydrogen) atoms. The van der Waals surface area contributed by atoms with E-state index in [4.69, 9.17) is 0 Å². The third kappa shape index (κ3) is 4.23. The standard InChI is InChI=1S/C18H21N3OS/c1-5-13(4)20-16(22)10-23-18-15(9-19)8-14-7-11(2)6-12(3)17(14)21-18/h6-8,13H,5,10H2,1-4H3,(H,20,22)/t13-/m1/s1. The van der Waals surface area contributed by atoms with Gasteiger partial charge < -0.3 is 5.32 Å². The van der Waals surface area contributed by atoms with Crippen LogP contribution >= 0.6 is 11.8 Å². The summed E-state index contributed by atoms with van der Waals surface area (Å²) < 4.78 is 0. The summed E-state index contributed by atoms with van der Waals surface area (Å²) in [6.45, 7) is 8.05. The van der Waals surface area contributed by atoms with Gasteiger partial charge in [0.1, 0.15) is 11.1 Å². The third-order valence-corrected chi connectivity index (χ3v) is 4.69. The Bertz CT molecular complexity index is 780. The number of amides is 1. The second-order valence-corrected chi connectivity index (χ2v) is 6.74. The summed E-state index contributed by atoms with van der Waals surface area (Å²) in [5.74, 6) is 0.235. The Kier molecular flexibility index (Phi) is 5.62. The summed E-state index contributed by atoms with van der Waals surface area (Å²) in [5.41, 5.74) is 3.63. The topological polar surface area (TPSA) is 65.8 Å². The molecule has 120 valence electrons. The lowest BCUT2D eigenvalue weighted by Gasteiger charge is -2.12. The Morgan fingerprint density at radius 3 is 2.78 bits per heavy atom. The molecule has 0 aliphatic heterocycles. The van der Waals surface area contributed by atoms with Crippen LogP contribution in [0.25, 0.3) is 10.9 Å². The number of fused-ring (bicyclic) bond motifs is 1. The summed E-state index contributed by atoms with van der Waals surface area (Å²) in [5, 5.41) is 13.9. The summed E-state index contributed by atoms with van der Waals surface area (Å²) in [6, 6.07) is 8.31. The summed E-state index contributed by atoms with van der Waals surface area (Å²) in [7, 11) is 0. The Hall–Kier alpha value is -2.06. The highest BCUT2D eigenvalue weighted by Gasteiger charge is 2.12. The molecule has 0 saturated carbocycles. The number of carbonyl (C=O) groups is 1. The normalized spacial score (nSPS) is 12.0. The van der Waals surface area contributed by atoms with Gasteiger partial charge in [-0.3, -0.25) is 4.79 Å². The van der Waals surface area contributed by atoms with Crippen LogP contribution in [0.15, 0.2) is 23.2 Å². The number of nitrogens with one attached hydrogen (secondary N) is 1. The largest absolute Gasteiger partial charge is 0.353 e. The number of aryl methyl sites for hydroxylation is 2. The van der Waals surface area contributed by atoms with E-state index in [1.54, 1.807) is 0 Å². The van der Waals surface area contributed by atoms with Crippen LogP contribution in [0.5, 0.6) is 0 Å². The van der Waals surface area contributed by atoms with E-state index in [0.717, 1.165) is 28.5 Å². The third-order valence-electron chi connectivity index (χ3n) is 3.70. The molecule has 0 fully saturated rings. The van der Waals surface area contributed by atoms with Crippen LogP contribution in [0.3, 0.4) is 0 Å². The SMILES string of the molecule is CC[C@@H](C)NC(=O)CSc1nc2c(C)cc(C)cc2cc1C#N. The molecule has 1 aromatic carbocycles. The van der Waals surface area contributed by atoms with E-state index in [0.29, 0.717) is 10.6 Å². The predicted molar refractivity (Wildman–Crippen MR) is 94.6 cm³/mol. The highest BCUT2D eigenvalue weighted by molar-refractivity contribution is 8.00. The molecule has 0 saturated heterocycles. The molecule has 0 aliphatic carbocycles. The number of hydrogen-bond donors (Lipinski definition) is 1. The maximum atomic E-state index is 11.9. The monoisotopic (exact) mass is 327 g/mol. The number of aromatic nitrogens is 1. The number of hydrogen-bond acceptors (Lipinski definition) is 4. The number of nitrogens with zero attached hydrogens (tertiary/aromatic N) is 2. The van der Waals surface area contributed by atoms with Crippen molar-refractivity contribution in [3.8, 4) is 6.07 Å². The lowest BCUT2D eigenvalue weighted by molar-refractivity contribution is -0.119. The maximum absolute atomic E-state index is 11.9. The molecule has 2 rings (SSSR count). The van der Waals surface area contributed by atoms with Crippen molar-refractivity contribution >= 4 is 28.6 Å². The second-order valence-electron chi connectivity index (χ2n) is 5.77. The zero-order valence-electron chi connectivity index (χ0n) is 13.9. The van der Waals surface area contributed by atoms with E-state index in [2.05, 4.69) is 22.4 Å². The van der Waals surface area contributed by atoms with Gasteiger partial charge in [0.15, 0.2) is 0 Å². The Morgan fingerprint density at radius 1 is 1.39 bits per heavy atom. The summed E-state index contributed by atoms with van der Waals surface area (Å²) in [4.78, 5) is 16.5. The van der Waals surface area contributed by atoms with Crippen molar-refractivity contribution in [1.29, 1.82) is 5.26 Å². The molecule has 1 N–H and O–H groups in total. The average molecular weight is 327 g/mol. The van der Waals surface area contributed by atoms with Gasteiger partial charge in [0, 0.05) is 11.4 Å². The quantitative estimate of drug-likeness (QED) is 0.850. The Balaban J connectivity index is 2.26. The van der Waals surface area contributed by atoms with E-state index in [9.17, 15) is 10.1 Å². The predicted octanol–water partition coefficient (Wildman–Crippen LogP) is 3.73.